The van der Waals surface area contributed by atoms with Gasteiger partial charge in [-0.15, -0.1) is 0 Å². The van der Waals surface area contributed by atoms with Crippen LogP contribution < -0.4 is 0 Å². The third-order valence-corrected chi connectivity index (χ3v) is 2.61. The third-order valence-electron chi connectivity index (χ3n) is 2.61. The molecule has 0 aromatic carbocycles. The van der Waals surface area contributed by atoms with Crippen LogP contribution >= 0.6 is 0 Å². The van der Waals surface area contributed by atoms with Crippen molar-refractivity contribution in [2.75, 3.05) is 13.2 Å². The molecule has 1 fully saturated rings. The molecule has 0 amide bonds. The molecule has 1 aliphatic rings. The van der Waals surface area contributed by atoms with E-state index in [2.05, 4.69) is 0 Å². The molecule has 0 bridgehead atoms. The van der Waals surface area contributed by atoms with Gasteiger partial charge in [-0.2, -0.15) is 0 Å². The summed E-state index contributed by atoms with van der Waals surface area (Å²) in [5, 5.41) is 0. The number of hydrogen-bond donors (Lipinski definition) is 0. The van der Waals surface area contributed by atoms with E-state index in [0.717, 1.165) is 13.2 Å². The summed E-state index contributed by atoms with van der Waals surface area (Å²) in [4.78, 5) is 0. The smallest absolute Gasteiger partial charge is 0.0466 e. The van der Waals surface area contributed by atoms with Gasteiger partial charge in [-0.1, -0.05) is 0 Å². The SMILES string of the molecule is C1CCOC1.[B]B([B])B([B])B(B([B])[B])B([B])[B]. The van der Waals surface area contributed by atoms with E-state index in [1.807, 2.05) is 0 Å². The average Bonchev–Trinajstić information content (AvgIpc) is 2.73. The Morgan fingerprint density at radius 2 is 1.06 bits per heavy atom. The van der Waals surface area contributed by atoms with Crippen molar-refractivity contribution in [1.29, 1.82) is 0 Å². The molecular weight excluding hydrogens is 194 g/mol. The molecule has 1 aliphatic heterocycles. The molecule has 17 heavy (non-hydrogen) atoms. The minimum Gasteiger partial charge on any atom is -0.381 e. The normalized spacial score (nSPS) is 13.2. The van der Waals surface area contributed by atoms with Gasteiger partial charge < -0.3 is 4.74 Å². The van der Waals surface area contributed by atoms with E-state index >= 15 is 0 Å². The summed E-state index contributed by atoms with van der Waals surface area (Å²) in [5.41, 5.74) is 0. The molecule has 0 N–H and O–H groups in total. The second-order valence-electron chi connectivity index (χ2n) is 4.21. The lowest BCUT2D eigenvalue weighted by Crippen LogP contribution is -2.67. The van der Waals surface area contributed by atoms with Crippen molar-refractivity contribution < 1.29 is 4.74 Å². The highest BCUT2D eigenvalue weighted by Crippen LogP contribution is 1.98. The zero-order chi connectivity index (χ0) is 13.4. The van der Waals surface area contributed by atoms with Gasteiger partial charge >= 0.3 is 0 Å². The van der Waals surface area contributed by atoms with Crippen LogP contribution in [0.1, 0.15) is 12.8 Å². The summed E-state index contributed by atoms with van der Waals surface area (Å²) < 4.78 is 4.94. The fraction of sp³-hybridized carbons (Fsp3) is 1.00. The maximum Gasteiger partial charge on any atom is 0.0466 e. The van der Waals surface area contributed by atoms with E-state index in [1.54, 1.807) is 0 Å². The van der Waals surface area contributed by atoms with Crippen LogP contribution in [0.3, 0.4) is 0 Å². The summed E-state index contributed by atoms with van der Waals surface area (Å²) in [7, 11) is 37.9. The second kappa shape index (κ2) is 9.64. The van der Waals surface area contributed by atoms with Crippen LogP contribution in [0.5, 0.6) is 0 Å². The van der Waals surface area contributed by atoms with Crippen LogP contribution in [0.25, 0.3) is 0 Å². The maximum absolute atomic E-state index is 5.59. The molecule has 0 saturated carbocycles. The third kappa shape index (κ3) is 7.69. The van der Waals surface area contributed by atoms with Crippen LogP contribution in [0.4, 0.5) is 0 Å². The standard InChI is InChI=1S/C4H8O.B12/c1-2-4-5-3-1;1-8(2)11(7)12(9(3)4)10(5)6/h1-4H2;. The Bertz CT molecular complexity index is 166. The summed E-state index contributed by atoms with van der Waals surface area (Å²) in [6.07, 6.45) is -0.668. The Morgan fingerprint density at radius 1 is 0.647 bits per heavy atom. The van der Waals surface area contributed by atoms with Gasteiger partial charge in [-0.3, -0.25) is 0 Å². The molecule has 1 rings (SSSR count). The van der Waals surface area contributed by atoms with E-state index in [9.17, 15) is 0 Å². The molecule has 0 unspecified atom stereocenters. The maximum atomic E-state index is 5.59. The predicted molar refractivity (Wildman–Crippen MR) is 89.1 cm³/mol. The fourth-order valence-electron chi connectivity index (χ4n) is 1.54. The zero-order valence-electron chi connectivity index (χ0n) is 10.2. The summed E-state index contributed by atoms with van der Waals surface area (Å²) in [6, 6.07) is 0. The fourth-order valence-corrected chi connectivity index (χ4v) is 1.54. The first-order chi connectivity index (χ1) is 7.87. The van der Waals surface area contributed by atoms with Crippen molar-refractivity contribution >= 4 is 86.1 Å². The number of hydrogen-bond acceptors (Lipinski definition) is 1. The van der Waals surface area contributed by atoms with Crippen LogP contribution in [-0.4, -0.2) is 99.3 Å². The lowest BCUT2D eigenvalue weighted by atomic mass is 8.53. The summed E-state index contributed by atoms with van der Waals surface area (Å²) in [5.74, 6) is 0. The molecule has 0 aliphatic carbocycles. The topological polar surface area (TPSA) is 9.23 Å². The first kappa shape index (κ1) is 17.7. The molecule has 0 spiro atoms. The highest BCUT2D eigenvalue weighted by atomic mass is 16.5. The molecule has 13 heteroatoms. The molecule has 66 valence electrons. The first-order valence-electron chi connectivity index (χ1n) is 5.74. The quantitative estimate of drug-likeness (QED) is 0.425. The molecule has 0 atom stereocenters. The van der Waals surface area contributed by atoms with Gasteiger partial charge in [0.1, 0.15) is 0 Å². The Hall–Kier alpha value is 0.739. The largest absolute Gasteiger partial charge is 0.381 e. The van der Waals surface area contributed by atoms with Crippen molar-refractivity contribution in [2.45, 2.75) is 12.8 Å². The molecule has 1 saturated heterocycles. The van der Waals surface area contributed by atoms with Crippen LogP contribution in [0.2, 0.25) is 0 Å². The minimum atomic E-state index is -0.723. The van der Waals surface area contributed by atoms with E-state index in [1.165, 1.54) is 12.8 Å². The molecule has 14 radical (unpaired) electrons. The number of rotatable bonds is 4. The Kier molecular flexibility index (Phi) is 10.1. The second-order valence-corrected chi connectivity index (χ2v) is 4.21. The minimum absolute atomic E-state index is 0.481. The van der Waals surface area contributed by atoms with Crippen LogP contribution in [0.15, 0.2) is 0 Å². The molecule has 0 aromatic heterocycles. The molecular formula is C4H8B12O. The van der Waals surface area contributed by atoms with Gasteiger partial charge in [-0.05, 0) is 12.8 Å². The summed E-state index contributed by atoms with van der Waals surface area (Å²) >= 11 is 0. The summed E-state index contributed by atoms with van der Waals surface area (Å²) in [6.45, 7) is 2.00. The zero-order valence-corrected chi connectivity index (χ0v) is 10.2. The highest BCUT2D eigenvalue weighted by Gasteiger charge is 2.29. The van der Waals surface area contributed by atoms with Gasteiger partial charge in [0.05, 0.1) is 0 Å². The van der Waals surface area contributed by atoms with Crippen molar-refractivity contribution in [3.05, 3.63) is 0 Å². The van der Waals surface area contributed by atoms with E-state index in [0.29, 0.717) is 0 Å². The van der Waals surface area contributed by atoms with Gasteiger partial charge in [0, 0.05) is 99.3 Å². The Labute approximate surface area is 117 Å². The Morgan fingerprint density at radius 3 is 1.18 bits per heavy atom. The van der Waals surface area contributed by atoms with Crippen molar-refractivity contribution in [3.63, 3.8) is 0 Å². The first-order valence-corrected chi connectivity index (χ1v) is 5.74. The molecule has 1 heterocycles. The van der Waals surface area contributed by atoms with Gasteiger partial charge in [-0.25, -0.2) is 0 Å². The van der Waals surface area contributed by atoms with Crippen molar-refractivity contribution in [1.82, 2.24) is 0 Å². The van der Waals surface area contributed by atoms with E-state index in [-0.39, 0.29) is 0 Å². The van der Waals surface area contributed by atoms with E-state index in [4.69, 9.17) is 58.9 Å². The van der Waals surface area contributed by atoms with Crippen molar-refractivity contribution in [3.8, 4) is 0 Å². The van der Waals surface area contributed by atoms with E-state index < -0.39 is 31.9 Å². The molecule has 1 nitrogen and oxygen atoms in total. The van der Waals surface area contributed by atoms with Crippen molar-refractivity contribution in [2.24, 2.45) is 0 Å². The lowest BCUT2D eigenvalue weighted by Gasteiger charge is -2.29. The molecule has 0 aromatic rings. The lowest BCUT2D eigenvalue weighted by molar-refractivity contribution is 0.198. The average molecular weight is 202 g/mol. The van der Waals surface area contributed by atoms with Crippen LogP contribution in [-0.2, 0) is 4.74 Å². The van der Waals surface area contributed by atoms with Gasteiger partial charge in [0.25, 0.3) is 0 Å². The van der Waals surface area contributed by atoms with Crippen LogP contribution in [0, 0.1) is 0 Å². The highest BCUT2D eigenvalue weighted by molar-refractivity contribution is 8.05. The predicted octanol–water partition coefficient (Wildman–Crippen LogP) is -3.77. The number of ether oxygens (including phenoxy) is 1. The van der Waals surface area contributed by atoms with Gasteiger partial charge in [0.15, 0.2) is 0 Å². The Balaban J connectivity index is 0.000000419. The van der Waals surface area contributed by atoms with Gasteiger partial charge in [0.2, 0.25) is 0 Å². The monoisotopic (exact) mass is 204 g/mol.